The number of phenolic OH excluding ortho intramolecular Hbond substituents is 1. The summed E-state index contributed by atoms with van der Waals surface area (Å²) in [7, 11) is 0. The highest BCUT2D eigenvalue weighted by Crippen LogP contribution is 2.25. The van der Waals surface area contributed by atoms with Gasteiger partial charge in [-0.1, -0.05) is 12.1 Å². The molecule has 0 bridgehead atoms. The molecule has 0 spiro atoms. The van der Waals surface area contributed by atoms with Crippen molar-refractivity contribution >= 4 is 11.6 Å². The fraction of sp³-hybridized carbons (Fsp3) is 0.0952. The number of phenols is 1. The van der Waals surface area contributed by atoms with Crippen molar-refractivity contribution in [3.05, 3.63) is 72.7 Å². The Morgan fingerprint density at radius 3 is 2.39 bits per heavy atom. The van der Waals surface area contributed by atoms with E-state index in [4.69, 9.17) is 9.84 Å². The zero-order valence-corrected chi connectivity index (χ0v) is 14.8. The number of aliphatic hydroxyl groups excluding tert-OH is 1. The van der Waals surface area contributed by atoms with Crippen molar-refractivity contribution in [3.63, 3.8) is 0 Å². The van der Waals surface area contributed by atoms with Crippen molar-refractivity contribution in [2.24, 2.45) is 0 Å². The van der Waals surface area contributed by atoms with E-state index in [1.54, 1.807) is 48.8 Å². The van der Waals surface area contributed by atoms with Gasteiger partial charge in [0.1, 0.15) is 12.4 Å². The molecule has 0 amide bonds. The second kappa shape index (κ2) is 7.50. The van der Waals surface area contributed by atoms with Crippen LogP contribution in [0.15, 0.2) is 67.1 Å². The first-order chi connectivity index (χ1) is 13.7. The lowest BCUT2D eigenvalue weighted by atomic mass is 10.1. The maximum Gasteiger partial charge on any atom is 0.338 e. The summed E-state index contributed by atoms with van der Waals surface area (Å²) in [6, 6.07) is 13.8. The van der Waals surface area contributed by atoms with Gasteiger partial charge in [-0.3, -0.25) is 9.38 Å². The number of aromatic hydroxyl groups is 1. The highest BCUT2D eigenvalue weighted by atomic mass is 16.5. The molecule has 2 aromatic carbocycles. The Morgan fingerprint density at radius 2 is 1.68 bits per heavy atom. The molecule has 0 saturated heterocycles. The second-order valence-corrected chi connectivity index (χ2v) is 6.13. The van der Waals surface area contributed by atoms with Crippen LogP contribution in [0, 0.1) is 0 Å². The normalized spacial score (nSPS) is 10.9. The number of carbonyl (C=O) groups is 1. The zero-order chi connectivity index (χ0) is 19.5. The van der Waals surface area contributed by atoms with Crippen LogP contribution in [0.1, 0.15) is 10.4 Å². The van der Waals surface area contributed by atoms with Crippen molar-refractivity contribution < 1.29 is 19.7 Å². The number of fused-ring (bicyclic) bond motifs is 1. The van der Waals surface area contributed by atoms with Gasteiger partial charge in [-0.25, -0.2) is 9.78 Å². The number of carbonyl (C=O) groups excluding carboxylic acids is 1. The SMILES string of the molecule is O=C(OCCO)c1ccc(-c2cn3c(-c4ccc(O)cc4)cnc3cn2)cc1. The van der Waals surface area contributed by atoms with Crippen LogP contribution in [-0.2, 0) is 4.74 Å². The summed E-state index contributed by atoms with van der Waals surface area (Å²) in [5.41, 5.74) is 4.47. The fourth-order valence-electron chi connectivity index (χ4n) is 2.88. The summed E-state index contributed by atoms with van der Waals surface area (Å²) in [4.78, 5) is 20.7. The Bertz CT molecular complexity index is 1120. The van der Waals surface area contributed by atoms with Crippen molar-refractivity contribution in [2.45, 2.75) is 0 Å². The third-order valence-electron chi connectivity index (χ3n) is 4.30. The highest BCUT2D eigenvalue weighted by Gasteiger charge is 2.10. The maximum absolute atomic E-state index is 11.8. The van der Waals surface area contributed by atoms with E-state index in [9.17, 15) is 9.90 Å². The van der Waals surface area contributed by atoms with Crippen LogP contribution >= 0.6 is 0 Å². The molecule has 4 aromatic rings. The molecule has 0 aliphatic heterocycles. The van der Waals surface area contributed by atoms with E-state index in [0.717, 1.165) is 22.5 Å². The number of benzene rings is 2. The molecule has 4 rings (SSSR count). The monoisotopic (exact) mass is 375 g/mol. The van der Waals surface area contributed by atoms with E-state index in [1.165, 1.54) is 0 Å². The number of imidazole rings is 1. The first-order valence-electron chi connectivity index (χ1n) is 8.66. The van der Waals surface area contributed by atoms with E-state index in [2.05, 4.69) is 9.97 Å². The van der Waals surface area contributed by atoms with Gasteiger partial charge in [0.15, 0.2) is 5.65 Å². The molecule has 7 heteroatoms. The largest absolute Gasteiger partial charge is 0.508 e. The number of hydrogen-bond donors (Lipinski definition) is 2. The lowest BCUT2D eigenvalue weighted by Gasteiger charge is -2.07. The molecule has 0 fully saturated rings. The van der Waals surface area contributed by atoms with E-state index in [-0.39, 0.29) is 19.0 Å². The minimum absolute atomic E-state index is 0.0283. The van der Waals surface area contributed by atoms with Gasteiger partial charge in [0.2, 0.25) is 0 Å². The van der Waals surface area contributed by atoms with Crippen LogP contribution < -0.4 is 0 Å². The van der Waals surface area contributed by atoms with E-state index in [0.29, 0.717) is 11.2 Å². The second-order valence-electron chi connectivity index (χ2n) is 6.13. The Labute approximate surface area is 160 Å². The van der Waals surface area contributed by atoms with Gasteiger partial charge in [0, 0.05) is 17.3 Å². The molecule has 0 aliphatic rings. The molecule has 28 heavy (non-hydrogen) atoms. The summed E-state index contributed by atoms with van der Waals surface area (Å²) < 4.78 is 6.84. The number of hydrogen-bond acceptors (Lipinski definition) is 6. The van der Waals surface area contributed by atoms with Crippen LogP contribution in [0.5, 0.6) is 5.75 Å². The van der Waals surface area contributed by atoms with Gasteiger partial charge in [-0.05, 0) is 36.4 Å². The average Bonchev–Trinajstić information content (AvgIpc) is 3.16. The van der Waals surface area contributed by atoms with Crippen LogP contribution in [0.2, 0.25) is 0 Å². The van der Waals surface area contributed by atoms with Crippen molar-refractivity contribution in [3.8, 4) is 28.3 Å². The fourth-order valence-corrected chi connectivity index (χ4v) is 2.88. The number of ether oxygens (including phenoxy) is 1. The number of esters is 1. The molecule has 0 unspecified atom stereocenters. The summed E-state index contributed by atoms with van der Waals surface area (Å²) in [6.45, 7) is -0.235. The lowest BCUT2D eigenvalue weighted by Crippen LogP contribution is -2.08. The summed E-state index contributed by atoms with van der Waals surface area (Å²) >= 11 is 0. The predicted molar refractivity (Wildman–Crippen MR) is 103 cm³/mol. The quantitative estimate of drug-likeness (QED) is 0.521. The van der Waals surface area contributed by atoms with Crippen molar-refractivity contribution in [2.75, 3.05) is 13.2 Å². The summed E-state index contributed by atoms with van der Waals surface area (Å²) in [5, 5.41) is 18.2. The molecular weight excluding hydrogens is 358 g/mol. The third kappa shape index (κ3) is 3.43. The van der Waals surface area contributed by atoms with Gasteiger partial charge >= 0.3 is 5.97 Å². The number of rotatable bonds is 5. The molecule has 0 radical (unpaired) electrons. The number of aromatic nitrogens is 3. The summed E-state index contributed by atoms with van der Waals surface area (Å²) in [6.07, 6.45) is 5.32. The van der Waals surface area contributed by atoms with E-state index >= 15 is 0 Å². The Morgan fingerprint density at radius 1 is 0.964 bits per heavy atom. The molecule has 2 N–H and O–H groups in total. The van der Waals surface area contributed by atoms with Crippen molar-refractivity contribution in [1.82, 2.24) is 14.4 Å². The maximum atomic E-state index is 11.8. The summed E-state index contributed by atoms with van der Waals surface area (Å²) in [5.74, 6) is -0.272. The van der Waals surface area contributed by atoms with Crippen LogP contribution in [-0.4, -0.2) is 43.8 Å². The van der Waals surface area contributed by atoms with Gasteiger partial charge in [-0.15, -0.1) is 0 Å². The van der Waals surface area contributed by atoms with Gasteiger partial charge in [0.05, 0.1) is 36.0 Å². The van der Waals surface area contributed by atoms with Gasteiger partial charge < -0.3 is 14.9 Å². The third-order valence-corrected chi connectivity index (χ3v) is 4.30. The molecule has 2 aromatic heterocycles. The van der Waals surface area contributed by atoms with E-state index < -0.39 is 5.97 Å². The molecule has 0 aliphatic carbocycles. The predicted octanol–water partition coefficient (Wildman–Crippen LogP) is 2.92. The smallest absolute Gasteiger partial charge is 0.338 e. The minimum atomic E-state index is -0.478. The topological polar surface area (TPSA) is 97.0 Å². The Hall–Kier alpha value is -3.71. The molecular formula is C21H17N3O4. The molecule has 7 nitrogen and oxygen atoms in total. The molecule has 2 heterocycles. The molecule has 0 saturated carbocycles. The van der Waals surface area contributed by atoms with Crippen LogP contribution in [0.3, 0.4) is 0 Å². The first-order valence-corrected chi connectivity index (χ1v) is 8.66. The lowest BCUT2D eigenvalue weighted by molar-refractivity contribution is 0.0434. The first kappa shape index (κ1) is 17.7. The molecule has 140 valence electrons. The highest BCUT2D eigenvalue weighted by molar-refractivity contribution is 5.90. The minimum Gasteiger partial charge on any atom is -0.508 e. The number of aliphatic hydroxyl groups is 1. The number of nitrogens with zero attached hydrogens (tertiary/aromatic N) is 3. The van der Waals surface area contributed by atoms with Crippen molar-refractivity contribution in [1.29, 1.82) is 0 Å². The van der Waals surface area contributed by atoms with Crippen LogP contribution in [0.25, 0.3) is 28.2 Å². The Balaban J connectivity index is 1.67. The Kier molecular flexibility index (Phi) is 4.74. The van der Waals surface area contributed by atoms with Crippen LogP contribution in [0.4, 0.5) is 0 Å². The van der Waals surface area contributed by atoms with Gasteiger partial charge in [0.25, 0.3) is 0 Å². The average molecular weight is 375 g/mol. The molecule has 0 atom stereocenters. The standard InChI is InChI=1S/C21H17N3O4/c25-9-10-28-21(27)16-3-1-14(2-4-16)18-13-24-19(11-23-20(24)12-22-18)15-5-7-17(26)8-6-15/h1-8,11-13,25-26H,9-10H2. The zero-order valence-electron chi connectivity index (χ0n) is 14.8. The van der Waals surface area contributed by atoms with E-state index in [1.807, 2.05) is 22.7 Å². The van der Waals surface area contributed by atoms with Gasteiger partial charge in [-0.2, -0.15) is 0 Å².